The molecule has 1 atom stereocenters. The first-order valence-electron chi connectivity index (χ1n) is 12.7. The zero-order chi connectivity index (χ0) is 25.6. The number of aryl methyl sites for hydroxylation is 2. The van der Waals surface area contributed by atoms with E-state index in [9.17, 15) is 14.4 Å². The second kappa shape index (κ2) is 15.0. The van der Waals surface area contributed by atoms with E-state index in [0.29, 0.717) is 19.5 Å². The predicted molar refractivity (Wildman–Crippen MR) is 137 cm³/mol. The van der Waals surface area contributed by atoms with Crippen molar-refractivity contribution >= 4 is 11.8 Å². The molecule has 0 saturated carbocycles. The van der Waals surface area contributed by atoms with Gasteiger partial charge in [-0.25, -0.2) is 9.48 Å². The number of nitrogens with one attached hydrogen (secondary N) is 1. The zero-order valence-electron chi connectivity index (χ0n) is 21.5. The van der Waals surface area contributed by atoms with E-state index in [1.807, 2.05) is 31.2 Å². The van der Waals surface area contributed by atoms with E-state index in [1.54, 1.807) is 6.92 Å². The Labute approximate surface area is 207 Å². The number of aromatic nitrogens is 3. The van der Waals surface area contributed by atoms with Crippen LogP contribution in [0.5, 0.6) is 5.75 Å². The van der Waals surface area contributed by atoms with Crippen LogP contribution in [0.3, 0.4) is 0 Å². The Balaban J connectivity index is 1.86. The molecule has 9 nitrogen and oxygen atoms in total. The molecule has 0 radical (unpaired) electrons. The highest BCUT2D eigenvalue weighted by atomic mass is 16.6. The van der Waals surface area contributed by atoms with Crippen LogP contribution in [-0.4, -0.2) is 39.6 Å². The highest BCUT2D eigenvalue weighted by Gasteiger charge is 2.11. The lowest BCUT2D eigenvalue weighted by atomic mass is 10.1. The van der Waals surface area contributed by atoms with Crippen molar-refractivity contribution < 1.29 is 14.3 Å². The van der Waals surface area contributed by atoms with Gasteiger partial charge in [-0.2, -0.15) is 0 Å². The van der Waals surface area contributed by atoms with Crippen molar-refractivity contribution in [3.05, 3.63) is 50.7 Å². The third kappa shape index (κ3) is 9.58. The monoisotopic (exact) mass is 488 g/mol. The maximum Gasteiger partial charge on any atom is 0.347 e. The summed E-state index contributed by atoms with van der Waals surface area (Å²) < 4.78 is 13.5. The number of rotatable bonds is 16. The average molecular weight is 489 g/mol. The average Bonchev–Trinajstić information content (AvgIpc) is 2.85. The Morgan fingerprint density at radius 1 is 1.11 bits per heavy atom. The van der Waals surface area contributed by atoms with Crippen LogP contribution in [0.2, 0.25) is 0 Å². The van der Waals surface area contributed by atoms with Gasteiger partial charge in [0.05, 0.1) is 0 Å². The second-order valence-corrected chi connectivity index (χ2v) is 8.78. The Kier molecular flexibility index (Phi) is 12.1. The lowest BCUT2D eigenvalue weighted by Crippen LogP contribution is -2.41. The summed E-state index contributed by atoms with van der Waals surface area (Å²) >= 11 is 0. The smallest absolute Gasteiger partial charge is 0.347 e. The SMILES string of the molecule is CCCCCCCn1nc(NCCCc2cccc(OC(C)COC(=O)CC)c2)c(=O)n(C)c1=O. The molecule has 0 bridgehead atoms. The number of hydrogen-bond acceptors (Lipinski definition) is 7. The zero-order valence-corrected chi connectivity index (χ0v) is 21.5. The number of carbonyl (C=O) groups is 1. The Morgan fingerprint density at radius 3 is 2.63 bits per heavy atom. The summed E-state index contributed by atoms with van der Waals surface area (Å²) in [5.74, 6) is 0.679. The highest BCUT2D eigenvalue weighted by Crippen LogP contribution is 2.16. The summed E-state index contributed by atoms with van der Waals surface area (Å²) in [6, 6.07) is 7.79. The van der Waals surface area contributed by atoms with E-state index in [4.69, 9.17) is 9.47 Å². The van der Waals surface area contributed by atoms with Gasteiger partial charge < -0.3 is 14.8 Å². The maximum atomic E-state index is 12.5. The van der Waals surface area contributed by atoms with Crippen molar-refractivity contribution in [2.45, 2.75) is 84.8 Å². The van der Waals surface area contributed by atoms with Crippen LogP contribution in [0.1, 0.15) is 71.3 Å². The van der Waals surface area contributed by atoms with E-state index in [1.165, 1.54) is 24.6 Å². The summed E-state index contributed by atoms with van der Waals surface area (Å²) in [6.45, 7) is 7.05. The van der Waals surface area contributed by atoms with E-state index in [0.717, 1.165) is 48.0 Å². The van der Waals surface area contributed by atoms with Crippen LogP contribution in [0.25, 0.3) is 0 Å². The number of unbranched alkanes of at least 4 members (excludes halogenated alkanes) is 4. The van der Waals surface area contributed by atoms with E-state index >= 15 is 0 Å². The van der Waals surface area contributed by atoms with Gasteiger partial charge in [0, 0.05) is 26.6 Å². The van der Waals surface area contributed by atoms with Gasteiger partial charge in [-0.05, 0) is 43.9 Å². The minimum Gasteiger partial charge on any atom is -0.487 e. The molecule has 2 aromatic rings. The van der Waals surface area contributed by atoms with Gasteiger partial charge in [-0.3, -0.25) is 14.2 Å². The summed E-state index contributed by atoms with van der Waals surface area (Å²) in [4.78, 5) is 36.1. The molecule has 1 aromatic heterocycles. The molecule has 194 valence electrons. The first kappa shape index (κ1) is 28.1. The molecule has 0 spiro atoms. The molecule has 1 unspecified atom stereocenters. The van der Waals surface area contributed by atoms with Crippen LogP contribution in [0.15, 0.2) is 33.9 Å². The number of anilines is 1. The van der Waals surface area contributed by atoms with Crippen molar-refractivity contribution in [1.29, 1.82) is 0 Å². The van der Waals surface area contributed by atoms with Gasteiger partial charge in [0.25, 0.3) is 5.56 Å². The van der Waals surface area contributed by atoms with Crippen LogP contribution >= 0.6 is 0 Å². The lowest BCUT2D eigenvalue weighted by Gasteiger charge is -2.15. The lowest BCUT2D eigenvalue weighted by molar-refractivity contribution is -0.145. The van der Waals surface area contributed by atoms with Crippen molar-refractivity contribution in [2.75, 3.05) is 18.5 Å². The molecule has 0 amide bonds. The van der Waals surface area contributed by atoms with Gasteiger partial charge in [0.2, 0.25) is 5.82 Å². The largest absolute Gasteiger partial charge is 0.487 e. The number of carbonyl (C=O) groups excluding carboxylic acids is 1. The number of nitrogens with zero attached hydrogens (tertiary/aromatic N) is 3. The van der Waals surface area contributed by atoms with Crippen LogP contribution in [-0.2, 0) is 29.5 Å². The minimum absolute atomic E-state index is 0.202. The van der Waals surface area contributed by atoms with Gasteiger partial charge in [0.15, 0.2) is 0 Å². The van der Waals surface area contributed by atoms with Crippen LogP contribution in [0, 0.1) is 0 Å². The second-order valence-electron chi connectivity index (χ2n) is 8.78. The topological polar surface area (TPSA) is 104 Å². The van der Waals surface area contributed by atoms with Crippen LogP contribution in [0.4, 0.5) is 5.82 Å². The summed E-state index contributed by atoms with van der Waals surface area (Å²) in [5.41, 5.74) is 0.303. The maximum absolute atomic E-state index is 12.5. The normalized spacial score (nSPS) is 11.8. The predicted octanol–water partition coefficient (Wildman–Crippen LogP) is 3.68. The molecule has 0 fully saturated rings. The summed E-state index contributed by atoms with van der Waals surface area (Å²) in [6.07, 6.45) is 7.05. The Hall–Kier alpha value is -3.10. The molecule has 0 saturated heterocycles. The highest BCUT2D eigenvalue weighted by molar-refractivity contribution is 5.68. The Bertz CT molecular complexity index is 1050. The number of hydrogen-bond donors (Lipinski definition) is 1. The first-order valence-corrected chi connectivity index (χ1v) is 12.7. The van der Waals surface area contributed by atoms with E-state index < -0.39 is 5.56 Å². The molecule has 1 heterocycles. The van der Waals surface area contributed by atoms with Crippen molar-refractivity contribution in [1.82, 2.24) is 14.3 Å². The van der Waals surface area contributed by atoms with Gasteiger partial charge >= 0.3 is 11.7 Å². The summed E-state index contributed by atoms with van der Waals surface area (Å²) in [7, 11) is 1.49. The molecule has 2 rings (SSSR count). The third-order valence-electron chi connectivity index (χ3n) is 5.65. The molecule has 9 heteroatoms. The van der Waals surface area contributed by atoms with Gasteiger partial charge in [-0.15, -0.1) is 5.10 Å². The molecule has 35 heavy (non-hydrogen) atoms. The standard InChI is InChI=1S/C26H40N4O5/c1-5-7-8-9-10-17-30-26(33)29(4)25(32)24(28-30)27-16-12-14-21-13-11-15-22(18-21)35-20(3)19-34-23(31)6-2/h11,13,15,18,20H,5-10,12,14,16-17,19H2,1-4H3,(H,27,28). The van der Waals surface area contributed by atoms with Crippen molar-refractivity contribution in [3.8, 4) is 5.75 Å². The molecule has 1 N–H and O–H groups in total. The number of ether oxygens (including phenoxy) is 2. The van der Waals surface area contributed by atoms with E-state index in [-0.39, 0.29) is 30.2 Å². The van der Waals surface area contributed by atoms with Crippen LogP contribution < -0.4 is 21.3 Å². The molecular weight excluding hydrogens is 448 g/mol. The van der Waals surface area contributed by atoms with Gasteiger partial charge in [0.1, 0.15) is 18.5 Å². The number of benzene rings is 1. The fourth-order valence-electron chi connectivity index (χ4n) is 3.60. The van der Waals surface area contributed by atoms with Crippen molar-refractivity contribution in [2.24, 2.45) is 7.05 Å². The van der Waals surface area contributed by atoms with Crippen molar-refractivity contribution in [3.63, 3.8) is 0 Å². The minimum atomic E-state index is -0.412. The first-order chi connectivity index (χ1) is 16.8. The molecule has 0 aliphatic heterocycles. The quantitative estimate of drug-likeness (QED) is 0.284. The molecule has 0 aliphatic rings. The van der Waals surface area contributed by atoms with Gasteiger partial charge in [-0.1, -0.05) is 51.7 Å². The third-order valence-corrected chi connectivity index (χ3v) is 5.65. The van der Waals surface area contributed by atoms with E-state index in [2.05, 4.69) is 17.3 Å². The fraction of sp³-hybridized carbons (Fsp3) is 0.615. The Morgan fingerprint density at radius 2 is 1.89 bits per heavy atom. The fourth-order valence-corrected chi connectivity index (χ4v) is 3.60. The molecule has 0 aliphatic carbocycles. The number of esters is 1. The molecule has 1 aromatic carbocycles. The summed E-state index contributed by atoms with van der Waals surface area (Å²) in [5, 5.41) is 7.38. The molecular formula is C26H40N4O5.